The van der Waals surface area contributed by atoms with E-state index in [0.717, 1.165) is 6.07 Å². The number of aryl methyl sites for hydroxylation is 1. The summed E-state index contributed by atoms with van der Waals surface area (Å²) in [7, 11) is -3.83. The van der Waals surface area contributed by atoms with Crippen molar-refractivity contribution in [1.82, 2.24) is 9.71 Å². The van der Waals surface area contributed by atoms with Crippen molar-refractivity contribution in [1.29, 1.82) is 0 Å². The highest BCUT2D eigenvalue weighted by Crippen LogP contribution is 2.20. The van der Waals surface area contributed by atoms with E-state index in [2.05, 4.69) is 9.71 Å². The SMILES string of the molecule is Cc1nc(CCNS(=O)(=O)c2ccc(Cl)c(C(=O)O)c2)co1. The van der Waals surface area contributed by atoms with Gasteiger partial charge in [0.2, 0.25) is 10.0 Å². The second kappa shape index (κ2) is 6.47. The third kappa shape index (κ3) is 3.85. The standard InChI is InChI=1S/C13H13ClN2O5S/c1-8-16-9(7-21-8)4-5-15-22(19,20)10-2-3-12(14)11(6-10)13(17)18/h2-3,6-7,15H,4-5H2,1H3,(H,17,18). The molecule has 0 amide bonds. The van der Waals surface area contributed by atoms with E-state index in [1.54, 1.807) is 6.92 Å². The lowest BCUT2D eigenvalue weighted by molar-refractivity contribution is 0.0697. The van der Waals surface area contributed by atoms with Crippen molar-refractivity contribution in [3.8, 4) is 0 Å². The Hall–Kier alpha value is -1.90. The molecule has 1 aromatic carbocycles. The van der Waals surface area contributed by atoms with Crippen LogP contribution in [-0.4, -0.2) is 31.0 Å². The van der Waals surface area contributed by atoms with Gasteiger partial charge in [-0.15, -0.1) is 0 Å². The van der Waals surface area contributed by atoms with Gasteiger partial charge in [0.1, 0.15) is 6.26 Å². The number of hydrogen-bond donors (Lipinski definition) is 2. The summed E-state index contributed by atoms with van der Waals surface area (Å²) < 4.78 is 31.6. The van der Waals surface area contributed by atoms with Crippen LogP contribution in [0.1, 0.15) is 21.9 Å². The van der Waals surface area contributed by atoms with E-state index in [0.29, 0.717) is 18.0 Å². The van der Waals surface area contributed by atoms with Gasteiger partial charge in [-0.25, -0.2) is 22.9 Å². The molecular formula is C13H13ClN2O5S. The highest BCUT2D eigenvalue weighted by atomic mass is 35.5. The largest absolute Gasteiger partial charge is 0.478 e. The first-order valence-electron chi connectivity index (χ1n) is 6.23. The molecule has 9 heteroatoms. The van der Waals surface area contributed by atoms with Crippen LogP contribution in [-0.2, 0) is 16.4 Å². The Labute approximate surface area is 132 Å². The summed E-state index contributed by atoms with van der Waals surface area (Å²) in [6, 6.07) is 3.51. The van der Waals surface area contributed by atoms with Crippen molar-refractivity contribution >= 4 is 27.6 Å². The zero-order chi connectivity index (χ0) is 16.3. The predicted molar refractivity (Wildman–Crippen MR) is 78.5 cm³/mol. The minimum Gasteiger partial charge on any atom is -0.478 e. The lowest BCUT2D eigenvalue weighted by atomic mass is 10.2. The highest BCUT2D eigenvalue weighted by Gasteiger charge is 2.18. The molecule has 0 saturated heterocycles. The van der Waals surface area contributed by atoms with E-state index >= 15 is 0 Å². The summed E-state index contributed by atoms with van der Waals surface area (Å²) in [5, 5.41) is 8.94. The number of aromatic nitrogens is 1. The number of oxazole rings is 1. The molecule has 0 unspecified atom stereocenters. The van der Waals surface area contributed by atoms with Crippen molar-refractivity contribution in [2.24, 2.45) is 0 Å². The molecule has 7 nitrogen and oxygen atoms in total. The van der Waals surface area contributed by atoms with Gasteiger partial charge in [-0.1, -0.05) is 11.6 Å². The fourth-order valence-electron chi connectivity index (χ4n) is 1.76. The average Bonchev–Trinajstić information content (AvgIpc) is 2.84. The van der Waals surface area contributed by atoms with Crippen LogP contribution in [0.2, 0.25) is 5.02 Å². The molecule has 0 aliphatic rings. The quantitative estimate of drug-likeness (QED) is 0.827. The van der Waals surface area contributed by atoms with E-state index in [1.165, 1.54) is 18.4 Å². The molecular weight excluding hydrogens is 332 g/mol. The van der Waals surface area contributed by atoms with Gasteiger partial charge in [0.15, 0.2) is 5.89 Å². The molecule has 118 valence electrons. The number of carboxylic acids is 1. The van der Waals surface area contributed by atoms with Gasteiger partial charge < -0.3 is 9.52 Å². The van der Waals surface area contributed by atoms with Crippen molar-refractivity contribution in [2.75, 3.05) is 6.54 Å². The fraction of sp³-hybridized carbons (Fsp3) is 0.231. The van der Waals surface area contributed by atoms with Gasteiger partial charge in [0.05, 0.1) is 21.2 Å². The van der Waals surface area contributed by atoms with E-state index in [4.69, 9.17) is 21.1 Å². The molecule has 1 aromatic heterocycles. The second-order valence-electron chi connectivity index (χ2n) is 4.45. The minimum atomic E-state index is -3.83. The van der Waals surface area contributed by atoms with Crippen molar-refractivity contribution in [3.63, 3.8) is 0 Å². The summed E-state index contributed by atoms with van der Waals surface area (Å²) >= 11 is 5.71. The third-order valence-electron chi connectivity index (χ3n) is 2.82. The van der Waals surface area contributed by atoms with Gasteiger partial charge in [-0.2, -0.15) is 0 Å². The van der Waals surface area contributed by atoms with Gasteiger partial charge >= 0.3 is 5.97 Å². The Kier molecular flexibility index (Phi) is 4.84. The summed E-state index contributed by atoms with van der Waals surface area (Å²) in [6.45, 7) is 1.80. The van der Waals surface area contributed by atoms with Crippen molar-refractivity contribution in [3.05, 3.63) is 46.6 Å². The molecule has 0 fully saturated rings. The van der Waals surface area contributed by atoms with Crippen molar-refractivity contribution in [2.45, 2.75) is 18.2 Å². The van der Waals surface area contributed by atoms with E-state index in [9.17, 15) is 13.2 Å². The molecule has 0 bridgehead atoms. The smallest absolute Gasteiger partial charge is 0.337 e. The number of carbonyl (C=O) groups is 1. The third-order valence-corrected chi connectivity index (χ3v) is 4.61. The van der Waals surface area contributed by atoms with Crippen LogP contribution in [0.3, 0.4) is 0 Å². The molecule has 1 heterocycles. The molecule has 2 aromatic rings. The lowest BCUT2D eigenvalue weighted by Gasteiger charge is -2.07. The maximum Gasteiger partial charge on any atom is 0.337 e. The van der Waals surface area contributed by atoms with E-state index in [-0.39, 0.29) is 22.0 Å². The Balaban J connectivity index is 2.10. The van der Waals surface area contributed by atoms with Crippen LogP contribution < -0.4 is 4.72 Å². The average molecular weight is 345 g/mol. The molecule has 0 aliphatic carbocycles. The van der Waals surface area contributed by atoms with Gasteiger partial charge in [-0.3, -0.25) is 0 Å². The van der Waals surface area contributed by atoms with Gasteiger partial charge in [0, 0.05) is 19.9 Å². The first-order valence-corrected chi connectivity index (χ1v) is 8.09. The van der Waals surface area contributed by atoms with E-state index in [1.807, 2.05) is 0 Å². The Morgan fingerprint density at radius 1 is 1.45 bits per heavy atom. The number of nitrogens with zero attached hydrogens (tertiary/aromatic N) is 1. The first-order chi connectivity index (χ1) is 10.3. The topological polar surface area (TPSA) is 110 Å². The first kappa shape index (κ1) is 16.5. The fourth-order valence-corrected chi connectivity index (χ4v) is 3.01. The normalized spacial score (nSPS) is 11.5. The Morgan fingerprint density at radius 2 is 2.18 bits per heavy atom. The molecule has 22 heavy (non-hydrogen) atoms. The summed E-state index contributed by atoms with van der Waals surface area (Å²) in [5.74, 6) is -0.790. The predicted octanol–water partition coefficient (Wildman–Crippen LogP) is 1.86. The molecule has 0 saturated carbocycles. The number of aromatic carboxylic acids is 1. The zero-order valence-electron chi connectivity index (χ0n) is 11.5. The molecule has 2 rings (SSSR count). The number of halogens is 1. The molecule has 0 atom stereocenters. The van der Waals surface area contributed by atoms with Crippen LogP contribution in [0.15, 0.2) is 33.8 Å². The number of rotatable bonds is 6. The minimum absolute atomic E-state index is 0.0236. The zero-order valence-corrected chi connectivity index (χ0v) is 13.1. The second-order valence-corrected chi connectivity index (χ2v) is 6.63. The Morgan fingerprint density at radius 3 is 2.77 bits per heavy atom. The number of nitrogens with one attached hydrogen (secondary N) is 1. The molecule has 0 aliphatic heterocycles. The van der Waals surface area contributed by atoms with Gasteiger partial charge in [0.25, 0.3) is 0 Å². The van der Waals surface area contributed by atoms with Crippen LogP contribution in [0.5, 0.6) is 0 Å². The monoisotopic (exact) mass is 344 g/mol. The number of hydrogen-bond acceptors (Lipinski definition) is 5. The Bertz CT molecular complexity index is 801. The van der Waals surface area contributed by atoms with Crippen LogP contribution >= 0.6 is 11.6 Å². The summed E-state index contributed by atoms with van der Waals surface area (Å²) in [4.78, 5) is 14.9. The highest BCUT2D eigenvalue weighted by molar-refractivity contribution is 7.89. The summed E-state index contributed by atoms with van der Waals surface area (Å²) in [6.07, 6.45) is 1.81. The van der Waals surface area contributed by atoms with Crippen molar-refractivity contribution < 1.29 is 22.7 Å². The number of carboxylic acid groups (broad SMARTS) is 1. The molecule has 0 radical (unpaired) electrons. The molecule has 0 spiro atoms. The summed E-state index contributed by atoms with van der Waals surface area (Å²) in [5.41, 5.74) is 0.360. The molecule has 2 N–H and O–H groups in total. The van der Waals surface area contributed by atoms with E-state index < -0.39 is 16.0 Å². The lowest BCUT2D eigenvalue weighted by Crippen LogP contribution is -2.26. The number of benzene rings is 1. The van der Waals surface area contributed by atoms with Crippen LogP contribution in [0.25, 0.3) is 0 Å². The van der Waals surface area contributed by atoms with Crippen LogP contribution in [0.4, 0.5) is 0 Å². The maximum absolute atomic E-state index is 12.1. The maximum atomic E-state index is 12.1. The van der Waals surface area contributed by atoms with Crippen LogP contribution in [0, 0.1) is 6.92 Å². The van der Waals surface area contributed by atoms with Gasteiger partial charge in [-0.05, 0) is 18.2 Å². The number of sulfonamides is 1.